The maximum atomic E-state index is 4.32. The molecule has 86 valence electrons. The highest BCUT2D eigenvalue weighted by Gasteiger charge is 2.05. The van der Waals surface area contributed by atoms with Crippen molar-refractivity contribution in [1.29, 1.82) is 0 Å². The molecule has 0 saturated heterocycles. The summed E-state index contributed by atoms with van der Waals surface area (Å²) in [4.78, 5) is 11.8. The average molecular weight is 218 g/mol. The number of imidazole rings is 1. The first-order chi connectivity index (χ1) is 7.81. The van der Waals surface area contributed by atoms with Crippen LogP contribution in [0.25, 0.3) is 11.2 Å². The first kappa shape index (κ1) is 11.1. The highest BCUT2D eigenvalue weighted by atomic mass is 15.0. The predicted molar refractivity (Wildman–Crippen MR) is 65.2 cm³/mol. The maximum Gasteiger partial charge on any atom is 0.177 e. The van der Waals surface area contributed by atoms with Crippen LogP contribution in [0.15, 0.2) is 12.3 Å². The van der Waals surface area contributed by atoms with Crippen molar-refractivity contribution in [1.82, 2.24) is 20.3 Å². The molecule has 16 heavy (non-hydrogen) atoms. The molecule has 0 spiro atoms. The van der Waals surface area contributed by atoms with E-state index in [1.807, 2.05) is 19.2 Å². The third-order valence-electron chi connectivity index (χ3n) is 2.62. The summed E-state index contributed by atoms with van der Waals surface area (Å²) in [6, 6.07) is 2.04. The number of unbranched alkanes of at least 4 members (excludes halogenated alkanes) is 1. The van der Waals surface area contributed by atoms with Crippen LogP contribution >= 0.6 is 0 Å². The van der Waals surface area contributed by atoms with Gasteiger partial charge in [0.2, 0.25) is 0 Å². The molecule has 2 aromatic rings. The second-order valence-corrected chi connectivity index (χ2v) is 4.02. The Bertz CT molecular complexity index is 461. The van der Waals surface area contributed by atoms with Crippen molar-refractivity contribution in [2.45, 2.75) is 33.2 Å². The first-order valence-corrected chi connectivity index (χ1v) is 5.82. The summed E-state index contributed by atoms with van der Waals surface area (Å²) in [5.41, 5.74) is 3.11. The quantitative estimate of drug-likeness (QED) is 0.756. The number of H-pyrrole nitrogens is 1. The SMILES string of the molecule is CCCCNCc1ccnc2nc(C)[nH]c12. The summed E-state index contributed by atoms with van der Waals surface area (Å²) < 4.78 is 0. The Morgan fingerprint density at radius 1 is 1.44 bits per heavy atom. The fraction of sp³-hybridized carbons (Fsp3) is 0.500. The summed E-state index contributed by atoms with van der Waals surface area (Å²) in [6.07, 6.45) is 4.26. The molecular formula is C12H18N4. The summed E-state index contributed by atoms with van der Waals surface area (Å²) in [7, 11) is 0. The Morgan fingerprint density at radius 3 is 3.12 bits per heavy atom. The van der Waals surface area contributed by atoms with Gasteiger partial charge >= 0.3 is 0 Å². The van der Waals surface area contributed by atoms with Crippen molar-refractivity contribution < 1.29 is 0 Å². The van der Waals surface area contributed by atoms with Crippen LogP contribution in [-0.4, -0.2) is 21.5 Å². The number of rotatable bonds is 5. The number of aryl methyl sites for hydroxylation is 1. The largest absolute Gasteiger partial charge is 0.341 e. The molecule has 0 bridgehead atoms. The summed E-state index contributed by atoms with van der Waals surface area (Å²) >= 11 is 0. The van der Waals surface area contributed by atoms with Crippen molar-refractivity contribution >= 4 is 11.2 Å². The van der Waals surface area contributed by atoms with E-state index in [0.29, 0.717) is 0 Å². The van der Waals surface area contributed by atoms with E-state index < -0.39 is 0 Å². The number of aromatic nitrogens is 3. The lowest BCUT2D eigenvalue weighted by Gasteiger charge is -2.04. The molecule has 2 N–H and O–H groups in total. The van der Waals surface area contributed by atoms with Crippen LogP contribution in [0, 0.1) is 6.92 Å². The molecule has 0 saturated carbocycles. The lowest BCUT2D eigenvalue weighted by molar-refractivity contribution is 0.643. The van der Waals surface area contributed by atoms with Gasteiger partial charge in [0.15, 0.2) is 5.65 Å². The maximum absolute atomic E-state index is 4.32. The molecule has 4 nitrogen and oxygen atoms in total. The Labute approximate surface area is 95.5 Å². The molecule has 0 aliphatic heterocycles. The first-order valence-electron chi connectivity index (χ1n) is 5.82. The summed E-state index contributed by atoms with van der Waals surface area (Å²) in [5, 5.41) is 3.43. The fourth-order valence-corrected chi connectivity index (χ4v) is 1.75. The number of pyridine rings is 1. The summed E-state index contributed by atoms with van der Waals surface area (Å²) in [5.74, 6) is 0.920. The number of hydrogen-bond donors (Lipinski definition) is 2. The number of nitrogens with zero attached hydrogens (tertiary/aromatic N) is 2. The molecule has 0 aromatic carbocycles. The molecule has 0 unspecified atom stereocenters. The van der Waals surface area contributed by atoms with E-state index in [1.54, 1.807) is 0 Å². The van der Waals surface area contributed by atoms with E-state index in [4.69, 9.17) is 0 Å². The van der Waals surface area contributed by atoms with E-state index in [9.17, 15) is 0 Å². The molecule has 2 aromatic heterocycles. The molecule has 0 atom stereocenters. The molecule has 0 aliphatic rings. The van der Waals surface area contributed by atoms with Gasteiger partial charge in [-0.3, -0.25) is 0 Å². The molecule has 0 amide bonds. The van der Waals surface area contributed by atoms with Crippen LogP contribution in [0.1, 0.15) is 31.2 Å². The Kier molecular flexibility index (Phi) is 3.51. The highest BCUT2D eigenvalue weighted by Crippen LogP contribution is 2.13. The van der Waals surface area contributed by atoms with Crippen molar-refractivity contribution in [3.8, 4) is 0 Å². The van der Waals surface area contributed by atoms with Crippen LogP contribution in [0.5, 0.6) is 0 Å². The van der Waals surface area contributed by atoms with Gasteiger partial charge in [-0.15, -0.1) is 0 Å². The molecule has 4 heteroatoms. The van der Waals surface area contributed by atoms with Gasteiger partial charge in [-0.2, -0.15) is 0 Å². The number of aromatic amines is 1. The fourth-order valence-electron chi connectivity index (χ4n) is 1.75. The van der Waals surface area contributed by atoms with Crippen LogP contribution in [0.4, 0.5) is 0 Å². The zero-order chi connectivity index (χ0) is 11.4. The van der Waals surface area contributed by atoms with Gasteiger partial charge in [-0.25, -0.2) is 9.97 Å². The van der Waals surface area contributed by atoms with E-state index in [2.05, 4.69) is 27.2 Å². The van der Waals surface area contributed by atoms with Crippen molar-refractivity contribution in [3.63, 3.8) is 0 Å². The third-order valence-corrected chi connectivity index (χ3v) is 2.62. The zero-order valence-corrected chi connectivity index (χ0v) is 9.88. The topological polar surface area (TPSA) is 53.6 Å². The molecular weight excluding hydrogens is 200 g/mol. The highest BCUT2D eigenvalue weighted by molar-refractivity contribution is 5.74. The second-order valence-electron chi connectivity index (χ2n) is 4.02. The van der Waals surface area contributed by atoms with Gasteiger partial charge in [-0.05, 0) is 31.5 Å². The third kappa shape index (κ3) is 2.39. The van der Waals surface area contributed by atoms with Crippen LogP contribution < -0.4 is 5.32 Å². The van der Waals surface area contributed by atoms with E-state index in [-0.39, 0.29) is 0 Å². The van der Waals surface area contributed by atoms with Crippen LogP contribution in [0.2, 0.25) is 0 Å². The second kappa shape index (κ2) is 5.07. The molecule has 0 fully saturated rings. The number of fused-ring (bicyclic) bond motifs is 1. The Hall–Kier alpha value is -1.42. The van der Waals surface area contributed by atoms with E-state index >= 15 is 0 Å². The van der Waals surface area contributed by atoms with Crippen LogP contribution in [0.3, 0.4) is 0 Å². The minimum absolute atomic E-state index is 0.812. The van der Waals surface area contributed by atoms with Gasteiger partial charge in [0.05, 0.1) is 5.52 Å². The van der Waals surface area contributed by atoms with E-state index in [1.165, 1.54) is 18.4 Å². The average Bonchev–Trinajstić information content (AvgIpc) is 2.65. The minimum atomic E-state index is 0.812. The lowest BCUT2D eigenvalue weighted by Crippen LogP contribution is -2.14. The molecule has 0 radical (unpaired) electrons. The summed E-state index contributed by atoms with van der Waals surface area (Å²) in [6.45, 7) is 6.09. The minimum Gasteiger partial charge on any atom is -0.341 e. The monoisotopic (exact) mass is 218 g/mol. The normalized spacial score (nSPS) is 11.1. The van der Waals surface area contributed by atoms with Crippen molar-refractivity contribution in [2.24, 2.45) is 0 Å². The smallest absolute Gasteiger partial charge is 0.177 e. The Morgan fingerprint density at radius 2 is 2.31 bits per heavy atom. The zero-order valence-electron chi connectivity index (χ0n) is 9.88. The molecule has 2 heterocycles. The lowest BCUT2D eigenvalue weighted by atomic mass is 10.2. The van der Waals surface area contributed by atoms with Gasteiger partial charge < -0.3 is 10.3 Å². The van der Waals surface area contributed by atoms with Gasteiger partial charge in [0.1, 0.15) is 5.82 Å². The number of nitrogens with one attached hydrogen (secondary N) is 2. The molecule has 2 rings (SSSR count). The van der Waals surface area contributed by atoms with Crippen molar-refractivity contribution in [2.75, 3.05) is 6.54 Å². The van der Waals surface area contributed by atoms with Gasteiger partial charge in [-0.1, -0.05) is 13.3 Å². The van der Waals surface area contributed by atoms with Gasteiger partial charge in [0.25, 0.3) is 0 Å². The number of hydrogen-bond acceptors (Lipinski definition) is 3. The van der Waals surface area contributed by atoms with Crippen LogP contribution in [-0.2, 0) is 6.54 Å². The standard InChI is InChI=1S/C12H18N4/c1-3-4-6-13-8-10-5-7-14-12-11(10)15-9(2)16-12/h5,7,13H,3-4,6,8H2,1-2H3,(H,14,15,16). The Balaban J connectivity index is 2.11. The predicted octanol–water partition coefficient (Wildman–Crippen LogP) is 2.16. The van der Waals surface area contributed by atoms with Crippen molar-refractivity contribution in [3.05, 3.63) is 23.7 Å². The van der Waals surface area contributed by atoms with E-state index in [0.717, 1.165) is 30.1 Å². The molecule has 0 aliphatic carbocycles. The van der Waals surface area contributed by atoms with Gasteiger partial charge in [0, 0.05) is 12.7 Å².